The highest BCUT2D eigenvalue weighted by atomic mass is 32.2. The number of benzene rings is 1. The Bertz CT molecular complexity index is 682. The second-order valence-corrected chi connectivity index (χ2v) is 7.61. The molecule has 0 aliphatic heterocycles. The van der Waals surface area contributed by atoms with Crippen molar-refractivity contribution in [1.29, 1.82) is 0 Å². The highest BCUT2D eigenvalue weighted by molar-refractivity contribution is 7.92. The molecule has 0 atom stereocenters. The molecule has 0 amide bonds. The van der Waals surface area contributed by atoms with Crippen LogP contribution in [0.5, 0.6) is 0 Å². The second kappa shape index (κ2) is 6.20. The zero-order chi connectivity index (χ0) is 16.3. The largest absolute Gasteiger partial charge is 0.389 e. The Labute approximate surface area is 120 Å². The molecule has 120 valence electrons. The van der Waals surface area contributed by atoms with Crippen LogP contribution in [0.1, 0.15) is 12.8 Å². The van der Waals surface area contributed by atoms with Crippen LogP contribution >= 0.6 is 0 Å². The first-order valence-corrected chi connectivity index (χ1v) is 8.79. The predicted molar refractivity (Wildman–Crippen MR) is 70.5 cm³/mol. The van der Waals surface area contributed by atoms with Crippen LogP contribution < -0.4 is 9.86 Å². The topological polar surface area (TPSA) is 106 Å². The molecule has 1 aromatic carbocycles. The summed E-state index contributed by atoms with van der Waals surface area (Å²) in [5.41, 5.74) is 0.0365. The van der Waals surface area contributed by atoms with Crippen molar-refractivity contribution in [2.24, 2.45) is 5.14 Å². The first-order chi connectivity index (χ1) is 9.39. The number of halogens is 3. The van der Waals surface area contributed by atoms with Gasteiger partial charge in [-0.1, -0.05) is 0 Å². The molecule has 0 spiro atoms. The van der Waals surface area contributed by atoms with Crippen LogP contribution in [0.4, 0.5) is 18.9 Å². The summed E-state index contributed by atoms with van der Waals surface area (Å²) >= 11 is 0. The lowest BCUT2D eigenvalue weighted by atomic mass is 10.3. The van der Waals surface area contributed by atoms with E-state index in [4.69, 9.17) is 5.14 Å². The van der Waals surface area contributed by atoms with Crippen molar-refractivity contribution < 1.29 is 30.0 Å². The van der Waals surface area contributed by atoms with E-state index in [0.717, 1.165) is 24.3 Å². The van der Waals surface area contributed by atoms with Crippen LogP contribution in [0.2, 0.25) is 0 Å². The zero-order valence-corrected chi connectivity index (χ0v) is 12.2. The normalized spacial score (nSPS) is 13.1. The smallest absolute Gasteiger partial charge is 0.284 e. The SMILES string of the molecule is NS(=O)(=O)c1ccc(NS(=O)(=O)CCCC(F)(F)F)cc1. The lowest BCUT2D eigenvalue weighted by molar-refractivity contribution is -0.134. The Balaban J connectivity index is 2.68. The summed E-state index contributed by atoms with van der Waals surface area (Å²) in [6.45, 7) is 0. The van der Waals surface area contributed by atoms with Crippen LogP contribution in [0.15, 0.2) is 29.2 Å². The van der Waals surface area contributed by atoms with Crippen molar-refractivity contribution in [3.05, 3.63) is 24.3 Å². The van der Waals surface area contributed by atoms with Crippen molar-refractivity contribution >= 4 is 25.7 Å². The molecule has 0 heterocycles. The van der Waals surface area contributed by atoms with Crippen LogP contribution in [0.25, 0.3) is 0 Å². The summed E-state index contributed by atoms with van der Waals surface area (Å²) in [6.07, 6.45) is -6.17. The number of rotatable bonds is 6. The molecule has 0 aliphatic rings. The predicted octanol–water partition coefficient (Wildman–Crippen LogP) is 1.42. The summed E-state index contributed by atoms with van der Waals surface area (Å²) in [7, 11) is -7.83. The lowest BCUT2D eigenvalue weighted by Crippen LogP contribution is -2.19. The zero-order valence-electron chi connectivity index (χ0n) is 10.6. The number of primary sulfonamides is 1. The van der Waals surface area contributed by atoms with Gasteiger partial charge in [0, 0.05) is 12.1 Å². The van der Waals surface area contributed by atoms with E-state index < -0.39 is 44.8 Å². The molecule has 0 unspecified atom stereocenters. The molecule has 0 bridgehead atoms. The van der Waals surface area contributed by atoms with Gasteiger partial charge in [0.15, 0.2) is 0 Å². The summed E-state index contributed by atoms with van der Waals surface area (Å²) in [4.78, 5) is -0.206. The van der Waals surface area contributed by atoms with Gasteiger partial charge in [-0.25, -0.2) is 22.0 Å². The number of alkyl halides is 3. The van der Waals surface area contributed by atoms with Crippen LogP contribution in [0, 0.1) is 0 Å². The van der Waals surface area contributed by atoms with Gasteiger partial charge in [0.1, 0.15) is 0 Å². The third-order valence-electron chi connectivity index (χ3n) is 2.33. The minimum atomic E-state index is -4.41. The second-order valence-electron chi connectivity index (χ2n) is 4.21. The first kappa shape index (κ1) is 17.7. The molecule has 0 fully saturated rings. The van der Waals surface area contributed by atoms with Gasteiger partial charge in [0.25, 0.3) is 0 Å². The summed E-state index contributed by atoms with van der Waals surface area (Å²) in [5.74, 6) is -0.691. The minimum Gasteiger partial charge on any atom is -0.284 e. The van der Waals surface area contributed by atoms with Crippen LogP contribution in [-0.4, -0.2) is 28.8 Å². The van der Waals surface area contributed by atoms with Gasteiger partial charge >= 0.3 is 6.18 Å². The van der Waals surface area contributed by atoms with E-state index in [1.165, 1.54) is 0 Å². The molecule has 1 rings (SSSR count). The Morgan fingerprint density at radius 3 is 2.00 bits per heavy atom. The number of anilines is 1. The number of sulfonamides is 2. The summed E-state index contributed by atoms with van der Waals surface area (Å²) in [6, 6.07) is 4.48. The van der Waals surface area contributed by atoms with Crippen molar-refractivity contribution in [1.82, 2.24) is 0 Å². The standard InChI is InChI=1S/C10H13F3N2O4S2/c11-10(12,13)6-1-7-20(16,17)15-8-2-4-9(5-3-8)21(14,18)19/h2-5,15H,1,6-7H2,(H2,14,18,19). The molecular weight excluding hydrogens is 333 g/mol. The molecule has 21 heavy (non-hydrogen) atoms. The van der Waals surface area contributed by atoms with Crippen molar-refractivity contribution in [3.8, 4) is 0 Å². The highest BCUT2D eigenvalue weighted by Gasteiger charge is 2.27. The molecule has 1 aromatic rings. The molecule has 0 saturated carbocycles. The molecule has 0 aromatic heterocycles. The van der Waals surface area contributed by atoms with E-state index >= 15 is 0 Å². The van der Waals surface area contributed by atoms with E-state index in [2.05, 4.69) is 4.72 Å². The third kappa shape index (κ3) is 6.78. The fourth-order valence-corrected chi connectivity index (χ4v) is 3.04. The quantitative estimate of drug-likeness (QED) is 0.812. The summed E-state index contributed by atoms with van der Waals surface area (Å²) < 4.78 is 82.9. The maximum atomic E-state index is 11.9. The van der Waals surface area contributed by atoms with Crippen molar-refractivity contribution in [2.75, 3.05) is 10.5 Å². The van der Waals surface area contributed by atoms with E-state index in [0.29, 0.717) is 0 Å². The molecule has 0 radical (unpaired) electrons. The Morgan fingerprint density at radius 1 is 1.05 bits per heavy atom. The highest BCUT2D eigenvalue weighted by Crippen LogP contribution is 2.22. The Kier molecular flexibility index (Phi) is 5.23. The number of hydrogen-bond acceptors (Lipinski definition) is 4. The van der Waals surface area contributed by atoms with Gasteiger partial charge in [0.2, 0.25) is 20.0 Å². The van der Waals surface area contributed by atoms with Gasteiger partial charge in [-0.15, -0.1) is 0 Å². The fourth-order valence-electron chi connectivity index (χ4n) is 1.41. The maximum absolute atomic E-state index is 11.9. The average Bonchev–Trinajstić information content (AvgIpc) is 2.25. The lowest BCUT2D eigenvalue weighted by Gasteiger charge is -2.09. The van der Waals surface area contributed by atoms with E-state index in [1.54, 1.807) is 0 Å². The minimum absolute atomic E-state index is 0.0365. The van der Waals surface area contributed by atoms with E-state index in [1.807, 2.05) is 0 Å². The van der Waals surface area contributed by atoms with Crippen LogP contribution in [0.3, 0.4) is 0 Å². The van der Waals surface area contributed by atoms with Crippen LogP contribution in [-0.2, 0) is 20.0 Å². The van der Waals surface area contributed by atoms with Gasteiger partial charge in [0.05, 0.1) is 10.6 Å². The molecule has 0 saturated heterocycles. The monoisotopic (exact) mass is 346 g/mol. The van der Waals surface area contributed by atoms with Gasteiger partial charge < -0.3 is 0 Å². The van der Waals surface area contributed by atoms with E-state index in [9.17, 15) is 30.0 Å². The Morgan fingerprint density at radius 2 is 1.57 bits per heavy atom. The number of nitrogens with one attached hydrogen (secondary N) is 1. The van der Waals surface area contributed by atoms with Crippen molar-refractivity contribution in [3.63, 3.8) is 0 Å². The van der Waals surface area contributed by atoms with E-state index in [-0.39, 0.29) is 10.6 Å². The fraction of sp³-hybridized carbons (Fsp3) is 0.400. The molecule has 11 heteroatoms. The van der Waals surface area contributed by atoms with Gasteiger partial charge in [-0.2, -0.15) is 13.2 Å². The average molecular weight is 346 g/mol. The third-order valence-corrected chi connectivity index (χ3v) is 4.63. The Hall–Kier alpha value is -1.33. The molecule has 3 N–H and O–H groups in total. The molecule has 0 aliphatic carbocycles. The first-order valence-electron chi connectivity index (χ1n) is 5.59. The maximum Gasteiger partial charge on any atom is 0.389 e. The van der Waals surface area contributed by atoms with Gasteiger partial charge in [-0.3, -0.25) is 4.72 Å². The molecular formula is C10H13F3N2O4S2. The van der Waals surface area contributed by atoms with Crippen molar-refractivity contribution in [2.45, 2.75) is 23.9 Å². The van der Waals surface area contributed by atoms with Gasteiger partial charge in [-0.05, 0) is 30.7 Å². The molecule has 6 nitrogen and oxygen atoms in total. The number of hydrogen-bond donors (Lipinski definition) is 2. The number of nitrogens with two attached hydrogens (primary N) is 1. The summed E-state index contributed by atoms with van der Waals surface area (Å²) in [5, 5.41) is 4.87.